The van der Waals surface area contributed by atoms with Gasteiger partial charge >= 0.3 is 13.7 Å². The highest BCUT2D eigenvalue weighted by molar-refractivity contribution is 7.52. The number of nitrogens with one attached hydrogen (secondary N) is 1. The molecule has 0 spiro atoms. The van der Waals surface area contributed by atoms with Gasteiger partial charge < -0.3 is 14.4 Å². The van der Waals surface area contributed by atoms with E-state index in [0.29, 0.717) is 6.29 Å². The van der Waals surface area contributed by atoms with E-state index in [0.717, 1.165) is 25.7 Å². The lowest BCUT2D eigenvalue weighted by Crippen LogP contribution is -2.36. The number of carbonyl (C=O) groups excluding carboxylic acids is 2. The minimum atomic E-state index is -4.09. The molecule has 1 aliphatic carbocycles. The summed E-state index contributed by atoms with van der Waals surface area (Å²) >= 11 is 0. The fourth-order valence-electron chi connectivity index (χ4n) is 3.33. The molecular formula is C22H27N2O7P. The number of ether oxygens (including phenoxy) is 1. The Balaban J connectivity index is 1.76. The van der Waals surface area contributed by atoms with Gasteiger partial charge in [0.2, 0.25) is 0 Å². The first-order valence-corrected chi connectivity index (χ1v) is 12.0. The van der Waals surface area contributed by atoms with Crippen LogP contribution in [0.5, 0.6) is 11.5 Å². The van der Waals surface area contributed by atoms with Crippen molar-refractivity contribution in [3.05, 3.63) is 53.3 Å². The molecule has 0 saturated heterocycles. The molecule has 1 aromatic heterocycles. The predicted octanol–water partition coefficient (Wildman–Crippen LogP) is 4.08. The number of carbonyl (C=O) groups is 2. The van der Waals surface area contributed by atoms with Gasteiger partial charge in [-0.1, -0.05) is 18.2 Å². The summed E-state index contributed by atoms with van der Waals surface area (Å²) in [6.45, 7) is 2.71. The van der Waals surface area contributed by atoms with Crippen LogP contribution in [0.15, 0.2) is 36.5 Å². The second-order valence-electron chi connectivity index (χ2n) is 7.62. The molecule has 2 aromatic rings. The first kappa shape index (κ1) is 23.9. The van der Waals surface area contributed by atoms with E-state index in [-0.39, 0.29) is 41.0 Å². The van der Waals surface area contributed by atoms with Crippen LogP contribution in [0.4, 0.5) is 0 Å². The number of aldehydes is 1. The molecule has 1 heterocycles. The normalized spacial score (nSPS) is 16.8. The van der Waals surface area contributed by atoms with Crippen LogP contribution in [0.1, 0.15) is 54.2 Å². The monoisotopic (exact) mass is 462 g/mol. The number of benzene rings is 1. The van der Waals surface area contributed by atoms with Crippen molar-refractivity contribution < 1.29 is 33.0 Å². The highest BCUT2D eigenvalue weighted by Gasteiger charge is 2.34. The summed E-state index contributed by atoms with van der Waals surface area (Å²) in [5, 5.41) is 12.7. The molecule has 10 heteroatoms. The Kier molecular flexibility index (Phi) is 8.01. The van der Waals surface area contributed by atoms with Gasteiger partial charge in [-0.25, -0.2) is 4.57 Å². The second-order valence-corrected chi connectivity index (χ2v) is 9.31. The highest BCUT2D eigenvalue weighted by atomic mass is 31.2. The van der Waals surface area contributed by atoms with Crippen LogP contribution in [-0.4, -0.2) is 34.5 Å². The highest BCUT2D eigenvalue weighted by Crippen LogP contribution is 2.46. The Morgan fingerprint density at radius 3 is 2.66 bits per heavy atom. The number of pyridine rings is 1. The molecule has 32 heavy (non-hydrogen) atoms. The molecule has 2 N–H and O–H groups in total. The number of para-hydroxylation sites is 1. The van der Waals surface area contributed by atoms with Gasteiger partial charge in [-0.05, 0) is 51.7 Å². The van der Waals surface area contributed by atoms with Gasteiger partial charge in [-0.15, -0.1) is 0 Å². The summed E-state index contributed by atoms with van der Waals surface area (Å²) in [5.74, 6) is -0.567. The fourth-order valence-corrected chi connectivity index (χ4v) is 4.79. The summed E-state index contributed by atoms with van der Waals surface area (Å²) in [6.07, 6.45) is 5.32. The van der Waals surface area contributed by atoms with E-state index >= 15 is 0 Å². The summed E-state index contributed by atoms with van der Waals surface area (Å²) in [6, 6.07) is 7.38. The number of aromatic nitrogens is 1. The van der Waals surface area contributed by atoms with Crippen LogP contribution in [0, 0.1) is 6.92 Å². The molecule has 1 fully saturated rings. The first-order chi connectivity index (χ1) is 15.3. The molecule has 2 atom stereocenters. The molecule has 0 amide bonds. The third-order valence-electron chi connectivity index (χ3n) is 5.12. The summed E-state index contributed by atoms with van der Waals surface area (Å²) < 4.78 is 30.1. The zero-order valence-electron chi connectivity index (χ0n) is 18.0. The Morgan fingerprint density at radius 1 is 1.31 bits per heavy atom. The lowest BCUT2D eigenvalue weighted by atomic mass is 10.1. The molecule has 0 bridgehead atoms. The smallest absolute Gasteiger partial charge is 0.459 e. The van der Waals surface area contributed by atoms with E-state index in [4.69, 9.17) is 13.8 Å². The zero-order chi connectivity index (χ0) is 23.1. The summed E-state index contributed by atoms with van der Waals surface area (Å²) in [4.78, 5) is 27.9. The fraction of sp³-hybridized carbons (Fsp3) is 0.409. The quantitative estimate of drug-likeness (QED) is 0.305. The van der Waals surface area contributed by atoms with Gasteiger partial charge in [-0.3, -0.25) is 19.1 Å². The van der Waals surface area contributed by atoms with Crippen molar-refractivity contribution in [3.63, 3.8) is 0 Å². The van der Waals surface area contributed by atoms with Crippen molar-refractivity contribution in [2.45, 2.75) is 58.3 Å². The van der Waals surface area contributed by atoms with Crippen LogP contribution in [0.3, 0.4) is 0 Å². The van der Waals surface area contributed by atoms with Crippen molar-refractivity contribution in [2.75, 3.05) is 0 Å². The molecule has 0 radical (unpaired) electrons. The Bertz CT molecular complexity index is 993. The van der Waals surface area contributed by atoms with Crippen LogP contribution >= 0.6 is 7.75 Å². The van der Waals surface area contributed by atoms with Gasteiger partial charge in [0, 0.05) is 11.8 Å². The van der Waals surface area contributed by atoms with Crippen LogP contribution in [0.2, 0.25) is 0 Å². The third-order valence-corrected chi connectivity index (χ3v) is 6.75. The van der Waals surface area contributed by atoms with E-state index in [9.17, 15) is 19.3 Å². The maximum Gasteiger partial charge on any atom is 0.459 e. The molecule has 3 rings (SSSR count). The summed E-state index contributed by atoms with van der Waals surface area (Å²) in [7, 11) is -4.09. The number of aryl methyl sites for hydroxylation is 1. The van der Waals surface area contributed by atoms with E-state index in [2.05, 4.69) is 10.1 Å². The molecule has 1 unspecified atom stereocenters. The Morgan fingerprint density at radius 2 is 2.00 bits per heavy atom. The van der Waals surface area contributed by atoms with E-state index < -0.39 is 19.8 Å². The zero-order valence-corrected chi connectivity index (χ0v) is 18.9. The van der Waals surface area contributed by atoms with E-state index in [1.165, 1.54) is 13.1 Å². The third kappa shape index (κ3) is 6.16. The molecular weight excluding hydrogens is 435 g/mol. The van der Waals surface area contributed by atoms with Gasteiger partial charge in [0.05, 0.1) is 17.9 Å². The number of rotatable bonds is 10. The minimum absolute atomic E-state index is 0.0162. The van der Waals surface area contributed by atoms with Crippen molar-refractivity contribution in [2.24, 2.45) is 0 Å². The maximum absolute atomic E-state index is 13.5. The maximum atomic E-state index is 13.5. The lowest BCUT2D eigenvalue weighted by Gasteiger charge is -2.24. The van der Waals surface area contributed by atoms with Crippen LogP contribution < -0.4 is 9.61 Å². The van der Waals surface area contributed by atoms with E-state index in [1.807, 2.05) is 0 Å². The van der Waals surface area contributed by atoms with Gasteiger partial charge in [0.1, 0.15) is 23.6 Å². The number of aromatic hydroxyl groups is 1. The minimum Gasteiger partial charge on any atom is -0.505 e. The standard InChI is InChI=1S/C22H27N2O7P/c1-15-21(26)20(13-25)17(12-23-15)14-29-32(28,31-19-10-4-3-5-11-19)24-16(2)22(27)30-18-8-6-7-9-18/h3-5,10-13,16,18,26H,6-9,14H2,1-2H3,(H,24,28)/t16-,32?/m0/s1. The molecule has 9 nitrogen and oxygen atoms in total. The van der Waals surface area contributed by atoms with E-state index in [1.54, 1.807) is 37.3 Å². The Hall–Kier alpha value is -2.74. The SMILES string of the molecule is Cc1ncc(COP(=O)(N[C@@H](C)C(=O)OC2CCCC2)Oc2ccccc2)c(C=O)c1O. The topological polar surface area (TPSA) is 124 Å². The number of nitrogens with zero attached hydrogens (tertiary/aromatic N) is 1. The van der Waals surface area contributed by atoms with Crippen LogP contribution in [-0.2, 0) is 25.2 Å². The van der Waals surface area contributed by atoms with Gasteiger partial charge in [-0.2, -0.15) is 5.09 Å². The second kappa shape index (κ2) is 10.7. The van der Waals surface area contributed by atoms with Crippen molar-refractivity contribution in [1.82, 2.24) is 10.1 Å². The van der Waals surface area contributed by atoms with Gasteiger partial charge in [0.25, 0.3) is 0 Å². The van der Waals surface area contributed by atoms with Crippen LogP contribution in [0.25, 0.3) is 0 Å². The first-order valence-electron chi connectivity index (χ1n) is 10.4. The summed E-state index contributed by atoms with van der Waals surface area (Å²) in [5.41, 5.74) is 0.487. The average Bonchev–Trinajstić information content (AvgIpc) is 3.28. The molecule has 1 saturated carbocycles. The van der Waals surface area contributed by atoms with Crippen molar-refractivity contribution in [1.29, 1.82) is 0 Å². The lowest BCUT2D eigenvalue weighted by molar-refractivity contribution is -0.150. The molecule has 1 aromatic carbocycles. The van der Waals surface area contributed by atoms with Crippen molar-refractivity contribution in [3.8, 4) is 11.5 Å². The molecule has 0 aliphatic heterocycles. The molecule has 172 valence electrons. The Labute approximate surface area is 186 Å². The number of hydrogen-bond donors (Lipinski definition) is 2. The predicted molar refractivity (Wildman–Crippen MR) is 116 cm³/mol. The largest absolute Gasteiger partial charge is 0.505 e. The van der Waals surface area contributed by atoms with Crippen molar-refractivity contribution >= 4 is 20.0 Å². The van der Waals surface area contributed by atoms with Gasteiger partial charge in [0.15, 0.2) is 6.29 Å². The average molecular weight is 462 g/mol. The number of hydrogen-bond acceptors (Lipinski definition) is 8. The molecule has 1 aliphatic rings. The number of esters is 1.